The van der Waals surface area contributed by atoms with Crippen LogP contribution in [0.1, 0.15) is 13.3 Å². The van der Waals surface area contributed by atoms with Crippen LogP contribution in [0.2, 0.25) is 0 Å². The van der Waals surface area contributed by atoms with Gasteiger partial charge < -0.3 is 5.11 Å². The molecule has 0 aromatic carbocycles. The third-order valence-electron chi connectivity index (χ3n) is 2.25. The van der Waals surface area contributed by atoms with E-state index in [4.69, 9.17) is 10.4 Å². The number of aliphatic hydroxyl groups excluding tert-OH is 1. The predicted molar refractivity (Wildman–Crippen MR) is 41.8 cm³/mol. The first-order valence-corrected chi connectivity index (χ1v) is 3.99. The Hall–Kier alpha value is -0.590. The van der Waals surface area contributed by atoms with Crippen LogP contribution >= 0.6 is 0 Å². The van der Waals surface area contributed by atoms with Crippen molar-refractivity contribution in [2.45, 2.75) is 19.4 Å². The third-order valence-corrected chi connectivity index (χ3v) is 2.25. The van der Waals surface area contributed by atoms with Crippen molar-refractivity contribution in [3.05, 3.63) is 0 Å². The van der Waals surface area contributed by atoms with Crippen LogP contribution in [0.3, 0.4) is 0 Å². The topological polar surface area (TPSA) is 47.3 Å². The van der Waals surface area contributed by atoms with Crippen molar-refractivity contribution in [1.29, 1.82) is 5.26 Å². The Kier molecular flexibility index (Phi) is 2.86. The Labute approximate surface area is 67.2 Å². The Morgan fingerprint density at radius 2 is 2.36 bits per heavy atom. The molecule has 1 atom stereocenters. The van der Waals surface area contributed by atoms with Gasteiger partial charge in [0, 0.05) is 31.7 Å². The number of hydrogen-bond acceptors (Lipinski definition) is 3. The molecule has 0 saturated carbocycles. The van der Waals surface area contributed by atoms with Gasteiger partial charge in [-0.1, -0.05) is 0 Å². The molecule has 1 N–H and O–H groups in total. The molecule has 62 valence electrons. The van der Waals surface area contributed by atoms with Crippen molar-refractivity contribution in [2.24, 2.45) is 5.92 Å². The second-order valence-corrected chi connectivity index (χ2v) is 3.21. The van der Waals surface area contributed by atoms with Crippen LogP contribution in [0.5, 0.6) is 0 Å². The van der Waals surface area contributed by atoms with Crippen molar-refractivity contribution < 1.29 is 5.11 Å². The Morgan fingerprint density at radius 3 is 2.82 bits per heavy atom. The molecule has 1 heterocycles. The molecule has 0 bridgehead atoms. The summed E-state index contributed by atoms with van der Waals surface area (Å²) in [6, 6.07) is 2.51. The smallest absolute Gasteiger partial charge is 0.0638 e. The summed E-state index contributed by atoms with van der Waals surface area (Å²) in [7, 11) is 0. The summed E-state index contributed by atoms with van der Waals surface area (Å²) in [6.45, 7) is 4.26. The number of rotatable bonds is 3. The number of nitriles is 1. The zero-order chi connectivity index (χ0) is 8.27. The Balaban J connectivity index is 2.16. The van der Waals surface area contributed by atoms with E-state index >= 15 is 0 Å². The van der Waals surface area contributed by atoms with Crippen molar-refractivity contribution in [3.63, 3.8) is 0 Å². The van der Waals surface area contributed by atoms with Gasteiger partial charge in [0.25, 0.3) is 0 Å². The lowest BCUT2D eigenvalue weighted by molar-refractivity contribution is 0.0266. The van der Waals surface area contributed by atoms with Crippen molar-refractivity contribution in [1.82, 2.24) is 4.90 Å². The fraction of sp³-hybridized carbons (Fsp3) is 0.875. The summed E-state index contributed by atoms with van der Waals surface area (Å²) in [4.78, 5) is 2.23. The first-order chi connectivity index (χ1) is 5.27. The average Bonchev–Trinajstić information content (AvgIpc) is 1.86. The van der Waals surface area contributed by atoms with E-state index in [0.29, 0.717) is 18.4 Å². The Morgan fingerprint density at radius 1 is 1.73 bits per heavy atom. The second kappa shape index (κ2) is 3.70. The maximum atomic E-state index is 8.72. The summed E-state index contributed by atoms with van der Waals surface area (Å²) < 4.78 is 0. The SMILES string of the molecule is CC(CC#N)N1CC(CO)C1. The molecule has 1 saturated heterocycles. The summed E-state index contributed by atoms with van der Waals surface area (Å²) in [5.41, 5.74) is 0. The molecule has 0 amide bonds. The van der Waals surface area contributed by atoms with Gasteiger partial charge in [0.15, 0.2) is 0 Å². The molecular formula is C8H14N2O. The second-order valence-electron chi connectivity index (χ2n) is 3.21. The quantitative estimate of drug-likeness (QED) is 0.632. The lowest BCUT2D eigenvalue weighted by atomic mass is 9.98. The van der Waals surface area contributed by atoms with Crippen LogP contribution in [0.25, 0.3) is 0 Å². The fourth-order valence-corrected chi connectivity index (χ4v) is 1.35. The van der Waals surface area contributed by atoms with Crippen LogP contribution in [0.4, 0.5) is 0 Å². The normalized spacial score (nSPS) is 22.3. The molecule has 1 aliphatic heterocycles. The minimum absolute atomic E-state index is 0.287. The molecule has 0 aromatic heterocycles. The molecule has 11 heavy (non-hydrogen) atoms. The maximum absolute atomic E-state index is 8.72. The monoisotopic (exact) mass is 154 g/mol. The van der Waals surface area contributed by atoms with Crippen LogP contribution in [0.15, 0.2) is 0 Å². The zero-order valence-electron chi connectivity index (χ0n) is 6.82. The van der Waals surface area contributed by atoms with E-state index in [1.165, 1.54) is 0 Å². The molecule has 1 unspecified atom stereocenters. The van der Waals surface area contributed by atoms with Crippen molar-refractivity contribution in [2.75, 3.05) is 19.7 Å². The lowest BCUT2D eigenvalue weighted by Crippen LogP contribution is -2.52. The van der Waals surface area contributed by atoms with E-state index in [1.807, 2.05) is 0 Å². The summed E-state index contributed by atoms with van der Waals surface area (Å²) in [5.74, 6) is 0.455. The number of likely N-dealkylation sites (tertiary alicyclic amines) is 1. The van der Waals surface area contributed by atoms with Gasteiger partial charge in [-0.2, -0.15) is 5.26 Å². The Bertz CT molecular complexity index is 158. The van der Waals surface area contributed by atoms with Gasteiger partial charge >= 0.3 is 0 Å². The molecule has 3 heteroatoms. The van der Waals surface area contributed by atoms with Gasteiger partial charge in [0.2, 0.25) is 0 Å². The predicted octanol–water partition coefficient (Wildman–Crippen LogP) is 0.213. The van der Waals surface area contributed by atoms with Gasteiger partial charge in [-0.3, -0.25) is 4.90 Å². The molecule has 0 spiro atoms. The fourth-order valence-electron chi connectivity index (χ4n) is 1.35. The summed E-state index contributed by atoms with van der Waals surface area (Å²) >= 11 is 0. The average molecular weight is 154 g/mol. The molecule has 3 nitrogen and oxygen atoms in total. The van der Waals surface area contributed by atoms with E-state index in [-0.39, 0.29) is 6.61 Å². The van der Waals surface area contributed by atoms with E-state index in [9.17, 15) is 0 Å². The molecule has 1 aliphatic rings. The highest BCUT2D eigenvalue weighted by Gasteiger charge is 2.28. The molecule has 0 aromatic rings. The zero-order valence-corrected chi connectivity index (χ0v) is 6.82. The first-order valence-electron chi connectivity index (χ1n) is 3.99. The lowest BCUT2D eigenvalue weighted by Gasteiger charge is -2.41. The van der Waals surface area contributed by atoms with Crippen molar-refractivity contribution in [3.8, 4) is 6.07 Å². The van der Waals surface area contributed by atoms with Crippen LogP contribution in [-0.2, 0) is 0 Å². The van der Waals surface area contributed by atoms with Crippen LogP contribution in [-0.4, -0.2) is 35.7 Å². The number of nitrogens with zero attached hydrogens (tertiary/aromatic N) is 2. The molecular weight excluding hydrogens is 140 g/mol. The van der Waals surface area contributed by atoms with Gasteiger partial charge in [-0.25, -0.2) is 0 Å². The molecule has 0 radical (unpaired) electrons. The van der Waals surface area contributed by atoms with Crippen LogP contribution < -0.4 is 0 Å². The molecule has 1 fully saturated rings. The molecule has 0 aliphatic carbocycles. The first kappa shape index (κ1) is 8.51. The minimum atomic E-state index is 0.287. The third kappa shape index (κ3) is 1.92. The highest BCUT2D eigenvalue weighted by atomic mass is 16.3. The van der Waals surface area contributed by atoms with E-state index in [0.717, 1.165) is 13.1 Å². The highest BCUT2D eigenvalue weighted by Crippen LogP contribution is 2.18. The van der Waals surface area contributed by atoms with E-state index < -0.39 is 0 Å². The molecule has 1 rings (SSSR count). The maximum Gasteiger partial charge on any atom is 0.0638 e. The van der Waals surface area contributed by atoms with Gasteiger partial charge in [-0.05, 0) is 6.92 Å². The largest absolute Gasteiger partial charge is 0.396 e. The summed E-state index contributed by atoms with van der Waals surface area (Å²) in [6.07, 6.45) is 0.595. The van der Waals surface area contributed by atoms with Crippen molar-refractivity contribution >= 4 is 0 Å². The van der Waals surface area contributed by atoms with Gasteiger partial charge in [0.1, 0.15) is 0 Å². The summed E-state index contributed by atoms with van der Waals surface area (Å²) in [5, 5.41) is 17.1. The number of hydrogen-bond donors (Lipinski definition) is 1. The van der Waals surface area contributed by atoms with E-state index in [1.54, 1.807) is 0 Å². The van der Waals surface area contributed by atoms with Gasteiger partial charge in [-0.15, -0.1) is 0 Å². The standard InChI is InChI=1S/C8H14N2O/c1-7(2-3-9)10-4-8(5-10)6-11/h7-8,11H,2,4-6H2,1H3. The highest BCUT2D eigenvalue weighted by molar-refractivity contribution is 4.87. The number of aliphatic hydroxyl groups is 1. The van der Waals surface area contributed by atoms with Gasteiger partial charge in [0.05, 0.1) is 12.5 Å². The van der Waals surface area contributed by atoms with Crippen LogP contribution in [0, 0.1) is 17.2 Å². The van der Waals surface area contributed by atoms with E-state index in [2.05, 4.69) is 17.9 Å². The minimum Gasteiger partial charge on any atom is -0.396 e.